The lowest BCUT2D eigenvalue weighted by Gasteiger charge is -2.18. The molecule has 0 saturated heterocycles. The molecule has 3 N–H and O–H groups in total. The molecule has 2 nitrogen and oxygen atoms in total. The summed E-state index contributed by atoms with van der Waals surface area (Å²) in [4.78, 5) is 0. The van der Waals surface area contributed by atoms with Crippen molar-refractivity contribution < 1.29 is 0 Å². The summed E-state index contributed by atoms with van der Waals surface area (Å²) in [5, 5.41) is 3.30. The van der Waals surface area contributed by atoms with Crippen molar-refractivity contribution in [2.75, 3.05) is 7.05 Å². The van der Waals surface area contributed by atoms with Crippen LogP contribution in [0, 0.1) is 5.41 Å². The highest BCUT2D eigenvalue weighted by atomic mass is 15.1. The number of nitrogens with one attached hydrogen (secondary N) is 1. The molecule has 2 saturated carbocycles. The highest BCUT2D eigenvalue weighted by molar-refractivity contribution is 5.26. The van der Waals surface area contributed by atoms with Crippen molar-refractivity contribution >= 4 is 0 Å². The molecule has 3 unspecified atom stereocenters. The molecule has 0 aromatic carbocycles. The van der Waals surface area contributed by atoms with Crippen LogP contribution in [0.3, 0.4) is 0 Å². The molecule has 3 atom stereocenters. The van der Waals surface area contributed by atoms with Gasteiger partial charge in [-0.05, 0) is 31.7 Å². The first-order valence-electron chi connectivity index (χ1n) is 4.08. The van der Waals surface area contributed by atoms with Crippen LogP contribution in [0.15, 0.2) is 0 Å². The number of hydrogen-bond donors (Lipinski definition) is 2. The fraction of sp³-hybridized carbons (Fsp3) is 1.00. The molecule has 0 aromatic rings. The second-order valence-corrected chi connectivity index (χ2v) is 4.16. The Labute approximate surface area is 62.2 Å². The Morgan fingerprint density at radius 3 is 2.50 bits per heavy atom. The van der Waals surface area contributed by atoms with E-state index in [1.54, 1.807) is 0 Å². The van der Waals surface area contributed by atoms with Crippen LogP contribution in [-0.2, 0) is 0 Å². The summed E-state index contributed by atoms with van der Waals surface area (Å²) < 4.78 is 0. The number of rotatable bonds is 1. The highest BCUT2D eigenvalue weighted by Crippen LogP contribution is 2.64. The zero-order valence-corrected chi connectivity index (χ0v) is 6.78. The minimum Gasteiger partial charge on any atom is -0.323 e. The molecule has 2 aliphatic rings. The van der Waals surface area contributed by atoms with Gasteiger partial charge in [0.1, 0.15) is 0 Å². The zero-order valence-electron chi connectivity index (χ0n) is 6.78. The van der Waals surface area contributed by atoms with Gasteiger partial charge in [0.25, 0.3) is 0 Å². The van der Waals surface area contributed by atoms with E-state index in [1.165, 1.54) is 19.3 Å². The van der Waals surface area contributed by atoms with E-state index in [9.17, 15) is 0 Å². The van der Waals surface area contributed by atoms with Crippen LogP contribution in [0.4, 0.5) is 0 Å². The van der Waals surface area contributed by atoms with Crippen molar-refractivity contribution in [2.24, 2.45) is 11.1 Å². The molecule has 0 heterocycles. The number of fused-ring (bicyclic) bond motifs is 1. The largest absolute Gasteiger partial charge is 0.323 e. The maximum absolute atomic E-state index is 6.18. The first-order valence-corrected chi connectivity index (χ1v) is 4.08. The average Bonchev–Trinajstić information content (AvgIpc) is 2.30. The lowest BCUT2D eigenvalue weighted by Crippen LogP contribution is -2.44. The van der Waals surface area contributed by atoms with Gasteiger partial charge in [-0.1, -0.05) is 6.92 Å². The van der Waals surface area contributed by atoms with Crippen molar-refractivity contribution in [3.05, 3.63) is 0 Å². The quantitative estimate of drug-likeness (QED) is 0.556. The highest BCUT2D eigenvalue weighted by Gasteiger charge is 2.68. The fourth-order valence-corrected chi connectivity index (χ4v) is 2.59. The summed E-state index contributed by atoms with van der Waals surface area (Å²) in [6.45, 7) is 2.31. The number of nitrogens with two attached hydrogens (primary N) is 1. The number of likely N-dealkylation sites (N-methyl/N-ethyl adjacent to an activating group) is 1. The summed E-state index contributed by atoms with van der Waals surface area (Å²) in [6, 6.07) is 0.581. The van der Waals surface area contributed by atoms with Gasteiger partial charge in [-0.3, -0.25) is 0 Å². The normalized spacial score (nSPS) is 58.5. The van der Waals surface area contributed by atoms with Crippen molar-refractivity contribution in [2.45, 2.75) is 37.8 Å². The third-order valence-corrected chi connectivity index (χ3v) is 3.64. The SMILES string of the molecule is CNC1CCC2(C)CC12N. The standard InChI is InChI=1S/C8H16N2/c1-7-4-3-6(10-2)8(7,9)5-7/h6,10H,3-5,9H2,1-2H3. The summed E-state index contributed by atoms with van der Waals surface area (Å²) in [6.07, 6.45) is 3.81. The molecule has 0 aromatic heterocycles. The first kappa shape index (κ1) is 6.62. The molecule has 10 heavy (non-hydrogen) atoms. The Balaban J connectivity index is 2.18. The van der Waals surface area contributed by atoms with Crippen LogP contribution in [0.2, 0.25) is 0 Å². The molecule has 0 bridgehead atoms. The Morgan fingerprint density at radius 1 is 1.60 bits per heavy atom. The fourth-order valence-electron chi connectivity index (χ4n) is 2.59. The summed E-state index contributed by atoms with van der Waals surface area (Å²) in [7, 11) is 2.02. The van der Waals surface area contributed by atoms with Crippen LogP contribution in [0.25, 0.3) is 0 Å². The van der Waals surface area contributed by atoms with E-state index in [0.717, 1.165) is 0 Å². The molecule has 2 rings (SSSR count). The van der Waals surface area contributed by atoms with E-state index in [0.29, 0.717) is 11.5 Å². The van der Waals surface area contributed by atoms with Crippen LogP contribution in [-0.4, -0.2) is 18.6 Å². The maximum atomic E-state index is 6.18. The lowest BCUT2D eigenvalue weighted by atomic mass is 10.1. The molecule has 0 amide bonds. The van der Waals surface area contributed by atoms with Gasteiger partial charge in [0.2, 0.25) is 0 Å². The molecular formula is C8H16N2. The minimum absolute atomic E-state index is 0.155. The van der Waals surface area contributed by atoms with E-state index in [4.69, 9.17) is 5.73 Å². The minimum atomic E-state index is 0.155. The Bertz CT molecular complexity index is 165. The molecule has 2 aliphatic carbocycles. The van der Waals surface area contributed by atoms with Crippen molar-refractivity contribution in [3.8, 4) is 0 Å². The Hall–Kier alpha value is -0.0800. The van der Waals surface area contributed by atoms with Gasteiger partial charge < -0.3 is 11.1 Å². The van der Waals surface area contributed by atoms with Crippen molar-refractivity contribution in [3.63, 3.8) is 0 Å². The van der Waals surface area contributed by atoms with Crippen LogP contribution in [0.5, 0.6) is 0 Å². The Kier molecular flexibility index (Phi) is 1.03. The molecule has 58 valence electrons. The molecule has 0 spiro atoms. The molecule has 2 fully saturated rings. The molecular weight excluding hydrogens is 124 g/mol. The Morgan fingerprint density at radius 2 is 2.30 bits per heavy atom. The molecule has 2 heteroatoms. The summed E-state index contributed by atoms with van der Waals surface area (Å²) in [5.74, 6) is 0. The second-order valence-electron chi connectivity index (χ2n) is 4.16. The van der Waals surface area contributed by atoms with Gasteiger partial charge in [-0.2, -0.15) is 0 Å². The zero-order chi connectivity index (χ0) is 7.41. The third kappa shape index (κ3) is 0.523. The van der Waals surface area contributed by atoms with Crippen LogP contribution in [0.1, 0.15) is 26.2 Å². The topological polar surface area (TPSA) is 38.0 Å². The number of hydrogen-bond acceptors (Lipinski definition) is 2. The van der Waals surface area contributed by atoms with E-state index < -0.39 is 0 Å². The summed E-state index contributed by atoms with van der Waals surface area (Å²) >= 11 is 0. The summed E-state index contributed by atoms with van der Waals surface area (Å²) in [5.41, 5.74) is 6.82. The maximum Gasteiger partial charge on any atom is 0.0370 e. The predicted molar refractivity (Wildman–Crippen MR) is 41.7 cm³/mol. The first-order chi connectivity index (χ1) is 4.62. The predicted octanol–water partition coefficient (Wildman–Crippen LogP) is 0.476. The van der Waals surface area contributed by atoms with E-state index >= 15 is 0 Å². The molecule has 0 aliphatic heterocycles. The van der Waals surface area contributed by atoms with Crippen LogP contribution >= 0.6 is 0 Å². The monoisotopic (exact) mass is 140 g/mol. The van der Waals surface area contributed by atoms with E-state index in [2.05, 4.69) is 12.2 Å². The average molecular weight is 140 g/mol. The smallest absolute Gasteiger partial charge is 0.0370 e. The second kappa shape index (κ2) is 1.56. The lowest BCUT2D eigenvalue weighted by molar-refractivity contribution is 0.450. The van der Waals surface area contributed by atoms with Gasteiger partial charge in [0, 0.05) is 11.6 Å². The third-order valence-electron chi connectivity index (χ3n) is 3.64. The van der Waals surface area contributed by atoms with Gasteiger partial charge >= 0.3 is 0 Å². The van der Waals surface area contributed by atoms with Crippen molar-refractivity contribution in [1.29, 1.82) is 0 Å². The van der Waals surface area contributed by atoms with Gasteiger partial charge in [0.15, 0.2) is 0 Å². The molecule has 0 radical (unpaired) electrons. The van der Waals surface area contributed by atoms with E-state index in [1.807, 2.05) is 7.05 Å². The van der Waals surface area contributed by atoms with Crippen molar-refractivity contribution in [1.82, 2.24) is 5.32 Å². The van der Waals surface area contributed by atoms with Gasteiger partial charge in [-0.15, -0.1) is 0 Å². The van der Waals surface area contributed by atoms with E-state index in [-0.39, 0.29) is 5.54 Å². The van der Waals surface area contributed by atoms with Gasteiger partial charge in [-0.25, -0.2) is 0 Å². The van der Waals surface area contributed by atoms with Gasteiger partial charge in [0.05, 0.1) is 0 Å². The van der Waals surface area contributed by atoms with Crippen LogP contribution < -0.4 is 11.1 Å².